The molecule has 0 aliphatic carbocycles. The van der Waals surface area contributed by atoms with Crippen molar-refractivity contribution in [2.24, 2.45) is 0 Å². The Kier molecular flexibility index (Phi) is 6.67. The van der Waals surface area contributed by atoms with Crippen LogP contribution in [0.1, 0.15) is 52.5 Å². The second-order valence-corrected chi connectivity index (χ2v) is 7.73. The first-order valence-corrected chi connectivity index (χ1v) is 9.13. The van der Waals surface area contributed by atoms with Crippen molar-refractivity contribution < 1.29 is 9.53 Å². The van der Waals surface area contributed by atoms with Gasteiger partial charge < -0.3 is 15.0 Å². The molecule has 0 aromatic heterocycles. The average Bonchev–Trinajstić information content (AvgIpc) is 3.04. The Balaban J connectivity index is 1.70. The van der Waals surface area contributed by atoms with Gasteiger partial charge in [-0.15, -0.1) is 0 Å². The van der Waals surface area contributed by atoms with Gasteiger partial charge in [-0.25, -0.2) is 0 Å². The number of nitrogens with one attached hydrogen (secondary N) is 1. The lowest BCUT2D eigenvalue weighted by atomic mass is 9.87. The lowest BCUT2D eigenvalue weighted by Crippen LogP contribution is -2.37. The van der Waals surface area contributed by atoms with E-state index in [0.717, 1.165) is 18.7 Å². The molecule has 1 N–H and O–H groups in total. The molecule has 2 rings (SSSR count). The van der Waals surface area contributed by atoms with Gasteiger partial charge in [0.25, 0.3) is 5.91 Å². The van der Waals surface area contributed by atoms with Gasteiger partial charge in [0, 0.05) is 6.54 Å². The van der Waals surface area contributed by atoms with Gasteiger partial charge in [-0.3, -0.25) is 4.79 Å². The second-order valence-electron chi connectivity index (χ2n) is 7.73. The molecule has 1 fully saturated rings. The van der Waals surface area contributed by atoms with Crippen LogP contribution in [0.3, 0.4) is 0 Å². The molecule has 1 amide bonds. The molecular formula is C20H32N2O2. The zero-order valence-electron chi connectivity index (χ0n) is 15.6. The summed E-state index contributed by atoms with van der Waals surface area (Å²) in [6, 6.07) is 8.02. The van der Waals surface area contributed by atoms with Crippen LogP contribution < -0.4 is 10.1 Å². The fourth-order valence-corrected chi connectivity index (χ4v) is 2.96. The molecule has 1 aromatic rings. The summed E-state index contributed by atoms with van der Waals surface area (Å²) in [5.41, 5.74) is 1.38. The lowest BCUT2D eigenvalue weighted by Gasteiger charge is -2.20. The van der Waals surface area contributed by atoms with E-state index in [4.69, 9.17) is 4.74 Å². The molecule has 1 saturated heterocycles. The van der Waals surface area contributed by atoms with E-state index >= 15 is 0 Å². The predicted octanol–water partition coefficient (Wildman–Crippen LogP) is 3.35. The third kappa shape index (κ3) is 5.82. The fourth-order valence-electron chi connectivity index (χ4n) is 2.96. The maximum absolute atomic E-state index is 12.1. The van der Waals surface area contributed by atoms with E-state index < -0.39 is 6.10 Å². The van der Waals surface area contributed by atoms with Gasteiger partial charge in [-0.1, -0.05) is 32.9 Å². The zero-order chi connectivity index (χ0) is 17.6. The molecule has 0 spiro atoms. The molecule has 1 aliphatic heterocycles. The molecule has 1 atom stereocenters. The van der Waals surface area contributed by atoms with Gasteiger partial charge >= 0.3 is 0 Å². The molecule has 0 radical (unpaired) electrons. The van der Waals surface area contributed by atoms with Crippen LogP contribution in [0.25, 0.3) is 0 Å². The Labute approximate surface area is 146 Å². The first-order chi connectivity index (χ1) is 11.4. The van der Waals surface area contributed by atoms with Crippen molar-refractivity contribution in [1.29, 1.82) is 0 Å². The number of carbonyl (C=O) groups is 1. The number of rotatable bonds is 7. The highest BCUT2D eigenvalue weighted by atomic mass is 16.5. The highest BCUT2D eigenvalue weighted by molar-refractivity contribution is 5.80. The largest absolute Gasteiger partial charge is 0.481 e. The Morgan fingerprint density at radius 2 is 1.83 bits per heavy atom. The van der Waals surface area contributed by atoms with Crippen LogP contribution >= 0.6 is 0 Å². The van der Waals surface area contributed by atoms with Crippen molar-refractivity contribution in [3.05, 3.63) is 29.8 Å². The Hall–Kier alpha value is -1.55. The van der Waals surface area contributed by atoms with E-state index in [2.05, 4.69) is 43.1 Å². The van der Waals surface area contributed by atoms with E-state index in [1.54, 1.807) is 6.92 Å². The minimum Gasteiger partial charge on any atom is -0.481 e. The molecule has 0 bridgehead atoms. The molecule has 0 saturated carbocycles. The Morgan fingerprint density at radius 3 is 2.42 bits per heavy atom. The molecule has 24 heavy (non-hydrogen) atoms. The smallest absolute Gasteiger partial charge is 0.260 e. The number of carbonyl (C=O) groups excluding carboxylic acids is 1. The summed E-state index contributed by atoms with van der Waals surface area (Å²) in [6.45, 7) is 12.5. The highest BCUT2D eigenvalue weighted by Crippen LogP contribution is 2.24. The summed E-state index contributed by atoms with van der Waals surface area (Å²) in [4.78, 5) is 14.6. The summed E-state index contributed by atoms with van der Waals surface area (Å²) in [7, 11) is 0. The summed E-state index contributed by atoms with van der Waals surface area (Å²) < 4.78 is 5.75. The van der Waals surface area contributed by atoms with Crippen LogP contribution in [0.4, 0.5) is 0 Å². The van der Waals surface area contributed by atoms with Crippen molar-refractivity contribution in [1.82, 2.24) is 10.2 Å². The Bertz CT molecular complexity index is 513. The lowest BCUT2D eigenvalue weighted by molar-refractivity contribution is -0.127. The number of hydrogen-bond donors (Lipinski definition) is 1. The number of hydrogen-bond acceptors (Lipinski definition) is 3. The van der Waals surface area contributed by atoms with Crippen molar-refractivity contribution in [3.8, 4) is 5.75 Å². The van der Waals surface area contributed by atoms with Crippen LogP contribution in [-0.4, -0.2) is 43.1 Å². The van der Waals surface area contributed by atoms with Crippen molar-refractivity contribution in [3.63, 3.8) is 0 Å². The van der Waals surface area contributed by atoms with Gasteiger partial charge in [0.05, 0.1) is 0 Å². The number of ether oxygens (including phenoxy) is 1. The van der Waals surface area contributed by atoms with Gasteiger partial charge in [0.1, 0.15) is 5.75 Å². The maximum Gasteiger partial charge on any atom is 0.260 e. The van der Waals surface area contributed by atoms with Crippen LogP contribution in [0.5, 0.6) is 5.75 Å². The number of amides is 1. The summed E-state index contributed by atoms with van der Waals surface area (Å²) in [5.74, 6) is 0.694. The third-order valence-corrected chi connectivity index (χ3v) is 4.55. The van der Waals surface area contributed by atoms with E-state index in [1.807, 2.05) is 12.1 Å². The van der Waals surface area contributed by atoms with Crippen LogP contribution in [0.15, 0.2) is 24.3 Å². The normalized spacial score (nSPS) is 16.8. The number of likely N-dealkylation sites (tertiary alicyclic amines) is 1. The van der Waals surface area contributed by atoms with Crippen LogP contribution in [0.2, 0.25) is 0 Å². The quantitative estimate of drug-likeness (QED) is 0.779. The highest BCUT2D eigenvalue weighted by Gasteiger charge is 2.16. The summed E-state index contributed by atoms with van der Waals surface area (Å²) >= 11 is 0. The number of nitrogens with zero attached hydrogens (tertiary/aromatic N) is 1. The van der Waals surface area contributed by atoms with Crippen molar-refractivity contribution in [2.45, 2.75) is 58.5 Å². The molecule has 134 valence electrons. The molecule has 0 unspecified atom stereocenters. The first kappa shape index (κ1) is 18.8. The Morgan fingerprint density at radius 1 is 1.21 bits per heavy atom. The van der Waals surface area contributed by atoms with E-state index in [9.17, 15) is 4.79 Å². The standard InChI is InChI=1S/C20H32N2O2/c1-16(19(23)21-12-7-15-22-13-5-6-14-22)24-18-10-8-17(9-11-18)20(2,3)4/h8-11,16H,5-7,12-15H2,1-4H3,(H,21,23)/t16-/m1/s1. The van der Waals surface area contributed by atoms with Crippen molar-refractivity contribution in [2.75, 3.05) is 26.2 Å². The van der Waals surface area contributed by atoms with E-state index in [1.165, 1.54) is 31.5 Å². The predicted molar refractivity (Wildman–Crippen MR) is 98.5 cm³/mol. The fraction of sp³-hybridized carbons (Fsp3) is 0.650. The molecule has 1 aliphatic rings. The second kappa shape index (κ2) is 8.52. The zero-order valence-corrected chi connectivity index (χ0v) is 15.6. The van der Waals surface area contributed by atoms with Crippen LogP contribution in [-0.2, 0) is 10.2 Å². The summed E-state index contributed by atoms with van der Waals surface area (Å²) in [6.07, 6.45) is 3.15. The van der Waals surface area contributed by atoms with Crippen molar-refractivity contribution >= 4 is 5.91 Å². The SMILES string of the molecule is C[C@@H](Oc1ccc(C(C)(C)C)cc1)C(=O)NCCCN1CCCC1. The van der Waals surface area contributed by atoms with Gasteiger partial charge in [0.15, 0.2) is 6.10 Å². The van der Waals surface area contributed by atoms with Gasteiger partial charge in [0.2, 0.25) is 0 Å². The topological polar surface area (TPSA) is 41.6 Å². The third-order valence-electron chi connectivity index (χ3n) is 4.55. The molecule has 4 nitrogen and oxygen atoms in total. The maximum atomic E-state index is 12.1. The molecular weight excluding hydrogens is 300 g/mol. The van der Waals surface area contributed by atoms with Crippen LogP contribution in [0, 0.1) is 0 Å². The monoisotopic (exact) mass is 332 g/mol. The minimum absolute atomic E-state index is 0.0451. The minimum atomic E-state index is -0.475. The molecule has 1 heterocycles. The average molecular weight is 332 g/mol. The number of benzene rings is 1. The van der Waals surface area contributed by atoms with E-state index in [0.29, 0.717) is 6.54 Å². The van der Waals surface area contributed by atoms with Gasteiger partial charge in [-0.2, -0.15) is 0 Å². The van der Waals surface area contributed by atoms with Gasteiger partial charge in [-0.05, 0) is 68.9 Å². The molecule has 1 aromatic carbocycles. The molecule has 4 heteroatoms. The first-order valence-electron chi connectivity index (χ1n) is 9.13. The van der Waals surface area contributed by atoms with E-state index in [-0.39, 0.29) is 11.3 Å². The summed E-state index contributed by atoms with van der Waals surface area (Å²) in [5, 5.41) is 2.97.